The zero-order valence-corrected chi connectivity index (χ0v) is 45.7. The van der Waals surface area contributed by atoms with Crippen molar-refractivity contribution in [3.05, 3.63) is 24.3 Å². The first-order valence-electron chi connectivity index (χ1n) is 27.2. The summed E-state index contributed by atoms with van der Waals surface area (Å²) in [5.74, 6) is 0.671. The average Bonchev–Trinajstić information content (AvgIpc) is 3.32. The molecule has 0 aliphatic carbocycles. The molecule has 0 heterocycles. The normalized spacial score (nSPS) is 11.5. The van der Waals surface area contributed by atoms with Crippen LogP contribution < -0.4 is 27.8 Å². The molecule has 13 nitrogen and oxygen atoms in total. The van der Waals surface area contributed by atoms with Gasteiger partial charge in [0.1, 0.15) is 5.78 Å². The van der Waals surface area contributed by atoms with Crippen molar-refractivity contribution in [1.82, 2.24) is 10.6 Å². The molecule has 402 valence electrons. The molecule has 0 aliphatic heterocycles. The average molecular weight is 1010 g/mol. The summed E-state index contributed by atoms with van der Waals surface area (Å²) < 4.78 is 10.4. The summed E-state index contributed by atoms with van der Waals surface area (Å²) >= 11 is 0. The third-order valence-electron chi connectivity index (χ3n) is 11.2. The van der Waals surface area contributed by atoms with Crippen LogP contribution in [0.25, 0.3) is 0 Å². The molecule has 0 aliphatic rings. The predicted octanol–water partition coefficient (Wildman–Crippen LogP) is 11.9. The van der Waals surface area contributed by atoms with E-state index in [1.54, 1.807) is 28.5 Å². The zero-order chi connectivity index (χ0) is 51.1. The molecular weight excluding hydrogens is 909 g/mol. The monoisotopic (exact) mass is 1010 g/mol. The summed E-state index contributed by atoms with van der Waals surface area (Å²) in [6, 6.07) is -0.596. The molecule has 0 fully saturated rings. The summed E-state index contributed by atoms with van der Waals surface area (Å²) in [7, 11) is 3.17. The first kappa shape index (κ1) is 68.0. The van der Waals surface area contributed by atoms with Crippen molar-refractivity contribution in [3.8, 4) is 0 Å². The number of guanidine groups is 1. The maximum atomic E-state index is 12.0. The van der Waals surface area contributed by atoms with E-state index in [-0.39, 0.29) is 49.8 Å². The van der Waals surface area contributed by atoms with E-state index >= 15 is 0 Å². The van der Waals surface area contributed by atoms with Gasteiger partial charge in [0.25, 0.3) is 0 Å². The number of unbranched alkanes of at least 4 members (excludes halogenated alkanes) is 22. The topological polar surface area (TPSA) is 218 Å². The highest BCUT2D eigenvalue weighted by Crippen LogP contribution is 2.19. The van der Waals surface area contributed by atoms with Crippen LogP contribution in [0.1, 0.15) is 233 Å². The van der Waals surface area contributed by atoms with Crippen LogP contribution in [0.5, 0.6) is 0 Å². The first-order valence-corrected chi connectivity index (χ1v) is 29.7. The van der Waals surface area contributed by atoms with Crippen LogP contribution in [0.4, 0.5) is 0 Å². The van der Waals surface area contributed by atoms with E-state index in [0.717, 1.165) is 38.5 Å². The third kappa shape index (κ3) is 59.2. The second kappa shape index (κ2) is 55.9. The third-order valence-corrected chi connectivity index (χ3v) is 13.6. The second-order valence-corrected chi connectivity index (χ2v) is 20.7. The van der Waals surface area contributed by atoms with Crippen molar-refractivity contribution in [2.75, 3.05) is 44.4 Å². The van der Waals surface area contributed by atoms with E-state index in [2.05, 4.69) is 53.8 Å². The molecule has 0 bridgehead atoms. The highest BCUT2D eigenvalue weighted by Gasteiger charge is 2.12. The summed E-state index contributed by atoms with van der Waals surface area (Å²) in [5, 5.41) is 5.58. The Morgan fingerprint density at radius 1 is 0.522 bits per heavy atom. The van der Waals surface area contributed by atoms with E-state index in [4.69, 9.17) is 26.7 Å². The Morgan fingerprint density at radius 2 is 0.942 bits per heavy atom. The smallest absolute Gasteiger partial charge is 0.306 e. The van der Waals surface area contributed by atoms with Gasteiger partial charge in [-0.3, -0.25) is 24.2 Å². The Balaban J connectivity index is 0. The van der Waals surface area contributed by atoms with Crippen LogP contribution in [0.3, 0.4) is 0 Å². The molecule has 0 aromatic rings. The number of ketones is 1. The van der Waals surface area contributed by atoms with Gasteiger partial charge in [-0.05, 0) is 84.0 Å². The number of nitrogens with one attached hydrogen (secondary N) is 2. The molecule has 2 amide bonds. The van der Waals surface area contributed by atoms with Crippen LogP contribution in [-0.4, -0.2) is 85.9 Å². The number of esters is 2. The molecule has 8 N–H and O–H groups in total. The number of hydrogen-bond acceptors (Lipinski definition) is 11. The fraction of sp³-hybridized carbons (Fsp3) is 0.815. The van der Waals surface area contributed by atoms with Gasteiger partial charge < -0.3 is 42.1 Å². The summed E-state index contributed by atoms with van der Waals surface area (Å²) in [6.07, 6.45) is 45.1. The van der Waals surface area contributed by atoms with E-state index in [0.29, 0.717) is 62.6 Å². The molecule has 69 heavy (non-hydrogen) atoms. The number of aliphatic imine (C=N–C) groups is 1. The molecule has 1 atom stereocenters. The SMILES string of the molecule is CCCCCCCC/C=C\CCCCCCCC(=O)OCCCOC(=O)CCC(=O)NCCSSCCNC(=O)C(N)CCCN=C(N)N.CCCCCCCC/C=C\CCCCCCCC(C)=O. The van der Waals surface area contributed by atoms with Gasteiger partial charge in [-0.15, -0.1) is 0 Å². The van der Waals surface area contributed by atoms with Crippen molar-refractivity contribution in [1.29, 1.82) is 0 Å². The number of ether oxygens (including phenoxy) is 2. The van der Waals surface area contributed by atoms with Crippen LogP contribution >= 0.6 is 21.6 Å². The molecule has 15 heteroatoms. The number of allylic oxidation sites excluding steroid dienone is 4. The maximum absolute atomic E-state index is 12.0. The maximum Gasteiger partial charge on any atom is 0.306 e. The molecule has 1 unspecified atom stereocenters. The van der Waals surface area contributed by atoms with Crippen molar-refractivity contribution < 1.29 is 33.4 Å². The van der Waals surface area contributed by atoms with E-state index in [1.807, 2.05) is 0 Å². The number of carbonyl (C=O) groups is 5. The number of nitrogens with two attached hydrogens (primary N) is 3. The summed E-state index contributed by atoms with van der Waals surface area (Å²) in [4.78, 5) is 62.4. The van der Waals surface area contributed by atoms with Crippen LogP contribution in [0, 0.1) is 0 Å². The number of hydrogen-bond donors (Lipinski definition) is 5. The van der Waals surface area contributed by atoms with Gasteiger partial charge >= 0.3 is 11.9 Å². The molecule has 0 radical (unpaired) electrons. The van der Waals surface area contributed by atoms with Gasteiger partial charge in [0.2, 0.25) is 11.8 Å². The molecular formula is C54H102N6O7S2. The molecule has 0 aromatic heterocycles. The lowest BCUT2D eigenvalue weighted by molar-refractivity contribution is -0.147. The van der Waals surface area contributed by atoms with Crippen molar-refractivity contribution in [3.63, 3.8) is 0 Å². The van der Waals surface area contributed by atoms with Gasteiger partial charge in [-0.25, -0.2) is 0 Å². The Kier molecular flexibility index (Phi) is 55.1. The van der Waals surface area contributed by atoms with Gasteiger partial charge in [-0.1, -0.05) is 162 Å². The zero-order valence-electron chi connectivity index (χ0n) is 44.0. The van der Waals surface area contributed by atoms with Crippen LogP contribution in [0.15, 0.2) is 29.3 Å². The second-order valence-electron chi connectivity index (χ2n) is 18.0. The largest absolute Gasteiger partial charge is 0.466 e. The lowest BCUT2D eigenvalue weighted by Gasteiger charge is -2.11. The number of Topliss-reactive ketones (excluding diaryl/α,β-unsaturated/α-hetero) is 1. The minimum absolute atomic E-state index is 0.000875. The lowest BCUT2D eigenvalue weighted by atomic mass is 10.1. The quantitative estimate of drug-likeness (QED) is 0.00960. The predicted molar refractivity (Wildman–Crippen MR) is 294 cm³/mol. The van der Waals surface area contributed by atoms with Gasteiger partial charge in [-0.2, -0.15) is 0 Å². The number of nitrogens with zero attached hydrogens (tertiary/aromatic N) is 1. The van der Waals surface area contributed by atoms with Crippen molar-refractivity contribution in [2.45, 2.75) is 239 Å². The van der Waals surface area contributed by atoms with E-state index in [9.17, 15) is 24.0 Å². The Morgan fingerprint density at radius 3 is 1.41 bits per heavy atom. The lowest BCUT2D eigenvalue weighted by Crippen LogP contribution is -2.41. The van der Waals surface area contributed by atoms with Crippen molar-refractivity contribution in [2.24, 2.45) is 22.2 Å². The van der Waals surface area contributed by atoms with Gasteiger partial charge in [0.05, 0.1) is 25.7 Å². The summed E-state index contributed by atoms with van der Waals surface area (Å²) in [6.45, 7) is 7.99. The van der Waals surface area contributed by atoms with Gasteiger partial charge in [0, 0.05) is 56.8 Å². The number of amides is 2. The fourth-order valence-corrected chi connectivity index (χ4v) is 8.83. The molecule has 0 saturated carbocycles. The fourth-order valence-electron chi connectivity index (χ4n) is 7.01. The summed E-state index contributed by atoms with van der Waals surface area (Å²) in [5.41, 5.74) is 16.4. The standard InChI is InChI=1S/C35H66N6O6S2.C19H36O/c1-2-3-4-5-6-7-8-9-10-11-12-13-14-15-16-20-32(43)46-26-18-27-47-33(44)22-21-31(42)39-24-28-48-49-29-25-40-34(45)30(36)19-17-23-41-35(37)38;1-3-4-5-6-7-8-9-10-11-12-13-14-15-16-17-18-19(2)20/h9-10,30H,2-8,11-29,36H2,1H3,(H,39,42)(H,40,45)(H4,37,38,41);10-11H,3-9,12-18H2,1-2H3/b10-9-;11-10-. The Labute approximate surface area is 428 Å². The molecule has 0 rings (SSSR count). The Bertz CT molecular complexity index is 1320. The molecule has 0 spiro atoms. The minimum atomic E-state index is -0.596. The van der Waals surface area contributed by atoms with E-state index < -0.39 is 12.0 Å². The van der Waals surface area contributed by atoms with Gasteiger partial charge in [0.15, 0.2) is 5.96 Å². The Hall–Kier alpha value is -3.04. The minimum Gasteiger partial charge on any atom is -0.466 e. The number of rotatable bonds is 49. The first-order chi connectivity index (χ1) is 33.5. The van der Waals surface area contributed by atoms with Crippen LogP contribution in [0.2, 0.25) is 0 Å². The number of carbonyl (C=O) groups excluding carboxylic acids is 5. The van der Waals surface area contributed by atoms with E-state index in [1.165, 1.54) is 135 Å². The van der Waals surface area contributed by atoms with Crippen molar-refractivity contribution >= 4 is 57.1 Å². The highest BCUT2D eigenvalue weighted by molar-refractivity contribution is 8.76. The molecule has 0 aromatic carbocycles. The van der Waals surface area contributed by atoms with Crippen LogP contribution in [-0.2, 0) is 33.4 Å². The highest BCUT2D eigenvalue weighted by atomic mass is 33.1. The molecule has 0 saturated heterocycles.